The molecule has 16 heavy (non-hydrogen) atoms. The molecule has 0 bridgehead atoms. The molecule has 1 unspecified atom stereocenters. The molecule has 3 nitrogen and oxygen atoms in total. The molecule has 0 saturated carbocycles. The number of nitrogen functional groups attached to an aromatic ring is 1. The highest BCUT2D eigenvalue weighted by molar-refractivity contribution is 9.10. The van der Waals surface area contributed by atoms with Gasteiger partial charge in [-0.3, -0.25) is 0 Å². The Morgan fingerprint density at radius 3 is 2.56 bits per heavy atom. The van der Waals surface area contributed by atoms with Crippen LogP contribution in [0.1, 0.15) is 20.8 Å². The van der Waals surface area contributed by atoms with Crippen LogP contribution in [0.25, 0.3) is 0 Å². The normalized spacial score (nSPS) is 13.6. The fraction of sp³-hybridized carbons (Fsp3) is 0.455. The zero-order valence-corrected chi connectivity index (χ0v) is 11.1. The van der Waals surface area contributed by atoms with E-state index in [-0.39, 0.29) is 0 Å². The van der Waals surface area contributed by atoms with Gasteiger partial charge in [0, 0.05) is 6.07 Å². The van der Waals surface area contributed by atoms with Gasteiger partial charge in [0.05, 0.1) is 27.5 Å². The van der Waals surface area contributed by atoms with Crippen LogP contribution >= 0.6 is 15.9 Å². The highest BCUT2D eigenvalue weighted by Gasteiger charge is 2.24. The molecular formula is C11H16BrFN2O. The number of aliphatic hydroxyl groups is 1. The molecule has 1 aromatic rings. The van der Waals surface area contributed by atoms with Gasteiger partial charge in [-0.15, -0.1) is 0 Å². The number of benzene rings is 1. The largest absolute Gasteiger partial charge is 0.397 e. The average molecular weight is 291 g/mol. The summed E-state index contributed by atoms with van der Waals surface area (Å²) in [6.45, 7) is 5.30. The lowest BCUT2D eigenvalue weighted by Crippen LogP contribution is -2.42. The zero-order chi connectivity index (χ0) is 12.5. The molecule has 0 aliphatic heterocycles. The van der Waals surface area contributed by atoms with E-state index >= 15 is 0 Å². The molecule has 0 amide bonds. The van der Waals surface area contributed by atoms with E-state index < -0.39 is 17.5 Å². The van der Waals surface area contributed by atoms with Crippen LogP contribution in [-0.2, 0) is 0 Å². The quantitative estimate of drug-likeness (QED) is 0.750. The number of rotatable bonds is 3. The van der Waals surface area contributed by atoms with Crippen molar-refractivity contribution in [2.75, 3.05) is 11.1 Å². The summed E-state index contributed by atoms with van der Waals surface area (Å²) in [7, 11) is 0. The minimum absolute atomic E-state index is 0.324. The standard InChI is InChI=1S/C11H16BrFN2O/c1-6(16)11(2,3)15-10-5-8(13)7(12)4-9(10)14/h4-6,15-16H,14H2,1-3H3. The summed E-state index contributed by atoms with van der Waals surface area (Å²) in [5.74, 6) is -0.391. The molecule has 0 fully saturated rings. The van der Waals surface area contributed by atoms with E-state index in [9.17, 15) is 9.50 Å². The maximum absolute atomic E-state index is 13.3. The van der Waals surface area contributed by atoms with Crippen molar-refractivity contribution in [3.63, 3.8) is 0 Å². The molecule has 1 rings (SSSR count). The summed E-state index contributed by atoms with van der Waals surface area (Å²) in [6.07, 6.45) is -0.585. The van der Waals surface area contributed by atoms with Crippen molar-refractivity contribution in [2.45, 2.75) is 32.4 Å². The van der Waals surface area contributed by atoms with Crippen molar-refractivity contribution < 1.29 is 9.50 Å². The Morgan fingerprint density at radius 2 is 2.06 bits per heavy atom. The van der Waals surface area contributed by atoms with Gasteiger partial charge in [0.25, 0.3) is 0 Å². The lowest BCUT2D eigenvalue weighted by molar-refractivity contribution is 0.133. The number of anilines is 2. The van der Waals surface area contributed by atoms with Gasteiger partial charge in [0.15, 0.2) is 0 Å². The summed E-state index contributed by atoms with van der Waals surface area (Å²) < 4.78 is 13.7. The smallest absolute Gasteiger partial charge is 0.139 e. The molecule has 0 spiro atoms. The SMILES string of the molecule is CC(O)C(C)(C)Nc1cc(F)c(Br)cc1N. The Kier molecular flexibility index (Phi) is 3.80. The fourth-order valence-electron chi connectivity index (χ4n) is 1.12. The first-order valence-corrected chi connectivity index (χ1v) is 5.74. The third kappa shape index (κ3) is 2.86. The zero-order valence-electron chi connectivity index (χ0n) is 9.51. The van der Waals surface area contributed by atoms with E-state index in [0.29, 0.717) is 15.8 Å². The molecule has 1 aromatic carbocycles. The predicted molar refractivity (Wildman–Crippen MR) is 67.9 cm³/mol. The van der Waals surface area contributed by atoms with E-state index in [0.717, 1.165) is 0 Å². The second kappa shape index (κ2) is 4.59. The molecule has 0 radical (unpaired) electrons. The van der Waals surface area contributed by atoms with Crippen molar-refractivity contribution in [2.24, 2.45) is 0 Å². The number of hydrogen-bond acceptors (Lipinski definition) is 3. The van der Waals surface area contributed by atoms with Crippen LogP contribution in [0.15, 0.2) is 16.6 Å². The van der Waals surface area contributed by atoms with Crippen LogP contribution in [-0.4, -0.2) is 16.7 Å². The summed E-state index contributed by atoms with van der Waals surface area (Å²) in [6, 6.07) is 2.80. The van der Waals surface area contributed by atoms with Crippen LogP contribution in [0.3, 0.4) is 0 Å². The van der Waals surface area contributed by atoms with Crippen LogP contribution in [0.2, 0.25) is 0 Å². The minimum Gasteiger partial charge on any atom is -0.397 e. The maximum Gasteiger partial charge on any atom is 0.139 e. The van der Waals surface area contributed by atoms with E-state index in [1.165, 1.54) is 12.1 Å². The summed E-state index contributed by atoms with van der Waals surface area (Å²) in [4.78, 5) is 0. The topological polar surface area (TPSA) is 58.3 Å². The van der Waals surface area contributed by atoms with Gasteiger partial charge in [-0.05, 0) is 42.8 Å². The predicted octanol–water partition coefficient (Wildman–Crippen LogP) is 2.74. The Bertz CT molecular complexity index is 394. The lowest BCUT2D eigenvalue weighted by Gasteiger charge is -2.31. The van der Waals surface area contributed by atoms with E-state index in [4.69, 9.17) is 5.73 Å². The molecule has 4 N–H and O–H groups in total. The van der Waals surface area contributed by atoms with E-state index in [1.807, 2.05) is 13.8 Å². The Balaban J connectivity index is 3.02. The van der Waals surface area contributed by atoms with Crippen LogP contribution in [0.4, 0.5) is 15.8 Å². The molecule has 0 aromatic heterocycles. The number of aliphatic hydroxyl groups excluding tert-OH is 1. The Hall–Kier alpha value is -0.810. The summed E-state index contributed by atoms with van der Waals surface area (Å²) in [5, 5.41) is 12.6. The number of hydrogen-bond donors (Lipinski definition) is 3. The Labute approximate surface area is 103 Å². The Morgan fingerprint density at radius 1 is 1.50 bits per heavy atom. The van der Waals surface area contributed by atoms with Gasteiger partial charge in [-0.2, -0.15) is 0 Å². The highest BCUT2D eigenvalue weighted by atomic mass is 79.9. The van der Waals surface area contributed by atoms with Gasteiger partial charge in [-0.25, -0.2) is 4.39 Å². The molecule has 0 aliphatic rings. The third-order valence-corrected chi connectivity index (χ3v) is 3.20. The van der Waals surface area contributed by atoms with Gasteiger partial charge in [0.2, 0.25) is 0 Å². The van der Waals surface area contributed by atoms with Crippen LogP contribution in [0.5, 0.6) is 0 Å². The summed E-state index contributed by atoms with van der Waals surface area (Å²) in [5.41, 5.74) is 6.09. The number of nitrogens with one attached hydrogen (secondary N) is 1. The number of halogens is 2. The van der Waals surface area contributed by atoms with Gasteiger partial charge >= 0.3 is 0 Å². The molecule has 0 aliphatic carbocycles. The number of nitrogens with two attached hydrogens (primary N) is 1. The lowest BCUT2D eigenvalue weighted by atomic mass is 9.98. The minimum atomic E-state index is -0.585. The van der Waals surface area contributed by atoms with Crippen molar-refractivity contribution in [1.82, 2.24) is 0 Å². The molecule has 0 saturated heterocycles. The van der Waals surface area contributed by atoms with Crippen LogP contribution in [0, 0.1) is 5.82 Å². The van der Waals surface area contributed by atoms with E-state index in [1.54, 1.807) is 6.92 Å². The maximum atomic E-state index is 13.3. The first kappa shape index (κ1) is 13.3. The summed E-state index contributed by atoms with van der Waals surface area (Å²) >= 11 is 3.06. The molecule has 0 heterocycles. The van der Waals surface area contributed by atoms with Crippen molar-refractivity contribution in [3.8, 4) is 0 Å². The fourth-order valence-corrected chi connectivity index (χ4v) is 1.48. The molecular weight excluding hydrogens is 275 g/mol. The molecule has 1 atom stereocenters. The van der Waals surface area contributed by atoms with Gasteiger partial charge < -0.3 is 16.2 Å². The monoisotopic (exact) mass is 290 g/mol. The first-order valence-electron chi connectivity index (χ1n) is 4.95. The van der Waals surface area contributed by atoms with Crippen molar-refractivity contribution >= 4 is 27.3 Å². The van der Waals surface area contributed by atoms with E-state index in [2.05, 4.69) is 21.2 Å². The highest BCUT2D eigenvalue weighted by Crippen LogP contribution is 2.29. The van der Waals surface area contributed by atoms with Gasteiger partial charge in [0.1, 0.15) is 5.82 Å². The van der Waals surface area contributed by atoms with Crippen LogP contribution < -0.4 is 11.1 Å². The van der Waals surface area contributed by atoms with Gasteiger partial charge in [-0.1, -0.05) is 0 Å². The molecule has 90 valence electrons. The van der Waals surface area contributed by atoms with Crippen molar-refractivity contribution in [3.05, 3.63) is 22.4 Å². The second-order valence-corrected chi connectivity index (χ2v) is 5.23. The van der Waals surface area contributed by atoms with Crippen molar-refractivity contribution in [1.29, 1.82) is 0 Å². The third-order valence-electron chi connectivity index (χ3n) is 2.59. The average Bonchev–Trinajstić information content (AvgIpc) is 2.13. The molecule has 5 heteroatoms. The second-order valence-electron chi connectivity index (χ2n) is 4.38. The first-order chi connectivity index (χ1) is 7.24.